The maximum absolute atomic E-state index is 14.4. The summed E-state index contributed by atoms with van der Waals surface area (Å²) in [5.41, 5.74) is -1.09. The third-order valence-electron chi connectivity index (χ3n) is 5.66. The van der Waals surface area contributed by atoms with Gasteiger partial charge in [-0.15, -0.1) is 0 Å². The van der Waals surface area contributed by atoms with Gasteiger partial charge in [0.05, 0.1) is 5.39 Å². The molecule has 2 fully saturated rings. The Bertz CT molecular complexity index is 1010. The second kappa shape index (κ2) is 6.58. The minimum absolute atomic E-state index is 0.0545. The zero-order chi connectivity index (χ0) is 20.3. The van der Waals surface area contributed by atoms with E-state index in [2.05, 4.69) is 15.9 Å². The maximum Gasteiger partial charge on any atom is 0.410 e. The minimum atomic E-state index is -0.537. The van der Waals surface area contributed by atoms with Crippen molar-refractivity contribution in [2.75, 3.05) is 6.54 Å². The summed E-state index contributed by atoms with van der Waals surface area (Å²) < 4.78 is 22.3. The van der Waals surface area contributed by atoms with Gasteiger partial charge in [0.15, 0.2) is 0 Å². The molecule has 1 aliphatic carbocycles. The van der Waals surface area contributed by atoms with E-state index in [-0.39, 0.29) is 28.6 Å². The van der Waals surface area contributed by atoms with E-state index in [1.54, 1.807) is 22.9 Å². The third-order valence-corrected chi connectivity index (χ3v) is 6.11. The molecule has 150 valence electrons. The number of benzene rings is 1. The Kier molecular flexibility index (Phi) is 4.56. The molecule has 0 N–H and O–H groups in total. The third kappa shape index (κ3) is 3.45. The molecule has 2 aliphatic rings. The zero-order valence-electron chi connectivity index (χ0n) is 16.3. The first-order valence-electron chi connectivity index (χ1n) is 9.60. The van der Waals surface area contributed by atoms with E-state index in [0.717, 1.165) is 12.8 Å². The molecule has 2 heterocycles. The topological polar surface area (TPSA) is 51.5 Å². The van der Waals surface area contributed by atoms with Gasteiger partial charge in [-0.1, -0.05) is 15.9 Å². The van der Waals surface area contributed by atoms with Crippen LogP contribution in [-0.2, 0) is 4.74 Å². The largest absolute Gasteiger partial charge is 0.444 e. The number of hydrogen-bond donors (Lipinski definition) is 0. The highest BCUT2D eigenvalue weighted by Gasteiger charge is 2.54. The molecular formula is C21H24BrFN2O3. The first kappa shape index (κ1) is 19.4. The van der Waals surface area contributed by atoms with Gasteiger partial charge in [-0.25, -0.2) is 9.18 Å². The van der Waals surface area contributed by atoms with E-state index in [9.17, 15) is 14.0 Å². The Morgan fingerprint density at radius 2 is 2.04 bits per heavy atom. The number of hydrogen-bond acceptors (Lipinski definition) is 3. The maximum atomic E-state index is 14.4. The van der Waals surface area contributed by atoms with Crippen molar-refractivity contribution in [2.24, 2.45) is 0 Å². The molecule has 7 heteroatoms. The van der Waals surface area contributed by atoms with E-state index in [4.69, 9.17) is 4.74 Å². The molecule has 0 radical (unpaired) electrons. The number of rotatable bonds is 1. The lowest BCUT2D eigenvalue weighted by Crippen LogP contribution is -2.50. The Labute approximate surface area is 171 Å². The number of aromatic nitrogens is 1. The lowest BCUT2D eigenvalue weighted by molar-refractivity contribution is 0.000500. The molecule has 1 aromatic heterocycles. The van der Waals surface area contributed by atoms with Crippen LogP contribution in [0.5, 0.6) is 0 Å². The SMILES string of the molecule is CC(C)(C)OC(=O)N1CCC(n2ccc3cc(Br)cc(F)c3c2=O)CC12CC2. The van der Waals surface area contributed by atoms with Crippen molar-refractivity contribution in [2.45, 2.75) is 63.6 Å². The Morgan fingerprint density at radius 1 is 1.32 bits per heavy atom. The molecule has 1 atom stereocenters. The number of ether oxygens (including phenoxy) is 1. The second-order valence-corrected chi connectivity index (χ2v) is 9.80. The van der Waals surface area contributed by atoms with Crippen LogP contribution in [0.25, 0.3) is 10.8 Å². The van der Waals surface area contributed by atoms with Crippen molar-refractivity contribution in [3.63, 3.8) is 0 Å². The Balaban J connectivity index is 1.62. The molecular weight excluding hydrogens is 427 g/mol. The average Bonchev–Trinajstić information content (AvgIpc) is 3.32. The van der Waals surface area contributed by atoms with Gasteiger partial charge in [-0.2, -0.15) is 0 Å². The van der Waals surface area contributed by atoms with Gasteiger partial charge in [0.1, 0.15) is 11.4 Å². The molecule has 1 saturated heterocycles. The van der Waals surface area contributed by atoms with E-state index in [1.165, 1.54) is 6.07 Å². The zero-order valence-corrected chi connectivity index (χ0v) is 17.9. The number of likely N-dealkylation sites (tertiary alicyclic amines) is 1. The summed E-state index contributed by atoms with van der Waals surface area (Å²) in [5, 5.41) is 0.700. The van der Waals surface area contributed by atoms with Gasteiger partial charge < -0.3 is 14.2 Å². The molecule has 28 heavy (non-hydrogen) atoms. The van der Waals surface area contributed by atoms with Crippen LogP contribution in [0.3, 0.4) is 0 Å². The van der Waals surface area contributed by atoms with E-state index < -0.39 is 11.4 Å². The first-order chi connectivity index (χ1) is 13.1. The van der Waals surface area contributed by atoms with E-state index in [1.807, 2.05) is 25.7 Å². The van der Waals surface area contributed by atoms with Gasteiger partial charge in [-0.3, -0.25) is 4.79 Å². The van der Waals surface area contributed by atoms with Crippen LogP contribution in [0.2, 0.25) is 0 Å². The summed E-state index contributed by atoms with van der Waals surface area (Å²) in [6.07, 6.45) is 4.62. The highest BCUT2D eigenvalue weighted by atomic mass is 79.9. The van der Waals surface area contributed by atoms with Gasteiger partial charge >= 0.3 is 6.09 Å². The predicted molar refractivity (Wildman–Crippen MR) is 109 cm³/mol. The molecule has 1 saturated carbocycles. The fourth-order valence-corrected chi connectivity index (χ4v) is 4.67. The quantitative estimate of drug-likeness (QED) is 0.613. The number of nitrogens with zero attached hydrogens (tertiary/aromatic N) is 2. The van der Waals surface area contributed by atoms with Crippen LogP contribution in [0, 0.1) is 5.82 Å². The Morgan fingerprint density at radius 3 is 2.68 bits per heavy atom. The molecule has 5 nitrogen and oxygen atoms in total. The molecule has 1 unspecified atom stereocenters. The van der Waals surface area contributed by atoms with Gasteiger partial charge in [-0.05, 0) is 70.0 Å². The highest BCUT2D eigenvalue weighted by Crippen LogP contribution is 2.51. The first-order valence-corrected chi connectivity index (χ1v) is 10.4. The van der Waals surface area contributed by atoms with Crippen LogP contribution in [0.15, 0.2) is 33.7 Å². The fraction of sp³-hybridized carbons (Fsp3) is 0.524. The molecule has 1 aliphatic heterocycles. The highest BCUT2D eigenvalue weighted by molar-refractivity contribution is 9.10. The molecule has 1 amide bonds. The summed E-state index contributed by atoms with van der Waals surface area (Å²) >= 11 is 3.27. The number of carbonyl (C=O) groups is 1. The summed E-state index contributed by atoms with van der Waals surface area (Å²) in [7, 11) is 0. The van der Waals surface area contributed by atoms with Crippen molar-refractivity contribution in [3.8, 4) is 0 Å². The Hall–Kier alpha value is -1.89. The molecule has 1 spiro atoms. The van der Waals surface area contributed by atoms with Crippen molar-refractivity contribution in [1.29, 1.82) is 0 Å². The summed E-state index contributed by atoms with van der Waals surface area (Å²) in [5.74, 6) is -0.518. The number of fused-ring (bicyclic) bond motifs is 1. The number of amides is 1. The summed E-state index contributed by atoms with van der Waals surface area (Å²) in [6, 6.07) is 4.80. The molecule has 2 aromatic rings. The van der Waals surface area contributed by atoms with Crippen molar-refractivity contribution in [1.82, 2.24) is 9.47 Å². The number of carbonyl (C=O) groups excluding carboxylic acids is 1. The monoisotopic (exact) mass is 450 g/mol. The van der Waals surface area contributed by atoms with E-state index in [0.29, 0.717) is 29.2 Å². The van der Waals surface area contributed by atoms with Gasteiger partial charge in [0.2, 0.25) is 0 Å². The van der Waals surface area contributed by atoms with Crippen LogP contribution < -0.4 is 5.56 Å². The molecule has 1 aromatic carbocycles. The number of piperidine rings is 1. The standard InChI is InChI=1S/C21H24BrFN2O3/c1-20(2,3)28-19(27)25-9-5-15(12-21(25)6-7-21)24-8-4-13-10-14(22)11-16(23)17(13)18(24)26/h4,8,10-11,15H,5-7,9,12H2,1-3H3. The van der Waals surface area contributed by atoms with Crippen molar-refractivity contribution < 1.29 is 13.9 Å². The smallest absolute Gasteiger partial charge is 0.410 e. The molecule has 4 rings (SSSR count). The molecule has 0 bridgehead atoms. The predicted octanol–water partition coefficient (Wildman–Crippen LogP) is 5.01. The lowest BCUT2D eigenvalue weighted by Gasteiger charge is -2.41. The minimum Gasteiger partial charge on any atom is -0.444 e. The fourth-order valence-electron chi connectivity index (χ4n) is 4.22. The second-order valence-electron chi connectivity index (χ2n) is 8.88. The lowest BCUT2D eigenvalue weighted by atomic mass is 9.94. The van der Waals surface area contributed by atoms with E-state index >= 15 is 0 Å². The van der Waals surface area contributed by atoms with Crippen LogP contribution in [0.4, 0.5) is 9.18 Å². The number of halogens is 2. The van der Waals surface area contributed by atoms with Crippen LogP contribution in [0.1, 0.15) is 52.5 Å². The average molecular weight is 451 g/mol. The summed E-state index contributed by atoms with van der Waals surface area (Å²) in [6.45, 7) is 6.11. The number of pyridine rings is 1. The van der Waals surface area contributed by atoms with Gasteiger partial charge in [0.25, 0.3) is 5.56 Å². The van der Waals surface area contributed by atoms with Crippen LogP contribution in [-0.4, -0.2) is 33.2 Å². The normalized spacial score (nSPS) is 21.2. The van der Waals surface area contributed by atoms with Crippen molar-refractivity contribution >= 4 is 32.8 Å². The summed E-state index contributed by atoms with van der Waals surface area (Å²) in [4.78, 5) is 27.4. The van der Waals surface area contributed by atoms with Crippen molar-refractivity contribution in [3.05, 3.63) is 45.0 Å². The van der Waals surface area contributed by atoms with Crippen LogP contribution >= 0.6 is 15.9 Å². The van der Waals surface area contributed by atoms with Gasteiger partial charge in [0, 0.05) is 28.8 Å².